The highest BCUT2D eigenvalue weighted by molar-refractivity contribution is 6.44. The van der Waals surface area contributed by atoms with Crippen molar-refractivity contribution < 1.29 is 4.79 Å². The Hall–Kier alpha value is -1.38. The molecule has 0 aliphatic heterocycles. The Morgan fingerprint density at radius 1 is 1.22 bits per heavy atom. The molecule has 0 saturated heterocycles. The average Bonchev–Trinajstić information content (AvgIpc) is 2.41. The molecule has 0 fully saturated rings. The number of carbonyl (C=O) groups is 1. The van der Waals surface area contributed by atoms with Crippen LogP contribution in [0.2, 0.25) is 10.0 Å². The number of aromatic nitrogens is 1. The molecule has 4 heteroatoms. The van der Waals surface area contributed by atoms with E-state index in [0.717, 1.165) is 12.0 Å². The highest BCUT2D eigenvalue weighted by Gasteiger charge is 2.18. The lowest BCUT2D eigenvalue weighted by molar-refractivity contribution is 0.103. The summed E-state index contributed by atoms with van der Waals surface area (Å²) in [7, 11) is 0. The summed E-state index contributed by atoms with van der Waals surface area (Å²) in [6, 6.07) is 8.72. The zero-order chi connectivity index (χ0) is 13.1. The van der Waals surface area contributed by atoms with E-state index in [4.69, 9.17) is 23.2 Å². The van der Waals surface area contributed by atoms with Crippen LogP contribution in [0.1, 0.15) is 28.5 Å². The predicted molar refractivity (Wildman–Crippen MR) is 73.5 cm³/mol. The van der Waals surface area contributed by atoms with E-state index in [1.165, 1.54) is 0 Å². The van der Waals surface area contributed by atoms with Gasteiger partial charge in [-0.25, -0.2) is 0 Å². The topological polar surface area (TPSA) is 30.0 Å². The number of benzene rings is 1. The lowest BCUT2D eigenvalue weighted by Gasteiger charge is -2.07. The third kappa shape index (κ3) is 2.40. The molecule has 92 valence electrons. The summed E-state index contributed by atoms with van der Waals surface area (Å²) in [4.78, 5) is 16.5. The molecule has 1 aromatic heterocycles. The van der Waals surface area contributed by atoms with E-state index in [0.29, 0.717) is 16.3 Å². The van der Waals surface area contributed by atoms with E-state index in [1.54, 1.807) is 24.4 Å². The van der Waals surface area contributed by atoms with Gasteiger partial charge >= 0.3 is 0 Å². The maximum atomic E-state index is 12.4. The molecule has 1 aromatic carbocycles. The summed E-state index contributed by atoms with van der Waals surface area (Å²) in [6.45, 7) is 1.98. The van der Waals surface area contributed by atoms with Crippen LogP contribution in [0.5, 0.6) is 0 Å². The SMILES string of the molecule is CCc1cccnc1C(=O)c1cccc(Cl)c1Cl. The van der Waals surface area contributed by atoms with Gasteiger partial charge in [0.15, 0.2) is 0 Å². The summed E-state index contributed by atoms with van der Waals surface area (Å²) in [5.41, 5.74) is 1.72. The van der Waals surface area contributed by atoms with Crippen molar-refractivity contribution in [2.75, 3.05) is 0 Å². The van der Waals surface area contributed by atoms with Crippen molar-refractivity contribution in [2.45, 2.75) is 13.3 Å². The number of ketones is 1. The number of halogens is 2. The van der Waals surface area contributed by atoms with Crippen molar-refractivity contribution >= 4 is 29.0 Å². The van der Waals surface area contributed by atoms with Crippen LogP contribution in [0.3, 0.4) is 0 Å². The van der Waals surface area contributed by atoms with E-state index in [-0.39, 0.29) is 10.8 Å². The smallest absolute Gasteiger partial charge is 0.213 e. The predicted octanol–water partition coefficient (Wildman–Crippen LogP) is 4.18. The van der Waals surface area contributed by atoms with E-state index in [2.05, 4.69) is 4.98 Å². The van der Waals surface area contributed by atoms with E-state index in [1.807, 2.05) is 19.1 Å². The van der Waals surface area contributed by atoms with Crippen LogP contribution in [0, 0.1) is 0 Å². The largest absolute Gasteiger partial charge is 0.287 e. The Bertz CT molecular complexity index is 596. The molecule has 2 nitrogen and oxygen atoms in total. The minimum Gasteiger partial charge on any atom is -0.287 e. The third-order valence-corrected chi connectivity index (χ3v) is 3.50. The average molecular weight is 280 g/mol. The minimum absolute atomic E-state index is 0.194. The lowest BCUT2D eigenvalue weighted by Crippen LogP contribution is -2.08. The first-order valence-electron chi connectivity index (χ1n) is 5.57. The molecule has 0 bridgehead atoms. The Balaban J connectivity index is 2.52. The Labute approximate surface area is 116 Å². The molecule has 0 aliphatic rings. The van der Waals surface area contributed by atoms with Gasteiger partial charge in [-0.05, 0) is 30.2 Å². The van der Waals surface area contributed by atoms with Gasteiger partial charge in [0.05, 0.1) is 10.0 Å². The van der Waals surface area contributed by atoms with Gasteiger partial charge in [-0.2, -0.15) is 0 Å². The fraction of sp³-hybridized carbons (Fsp3) is 0.143. The second-order valence-corrected chi connectivity index (χ2v) is 4.58. The van der Waals surface area contributed by atoms with Crippen molar-refractivity contribution in [3.8, 4) is 0 Å². The Kier molecular flexibility index (Phi) is 4.00. The number of carbonyl (C=O) groups excluding carboxylic acids is 1. The van der Waals surface area contributed by atoms with E-state index >= 15 is 0 Å². The quantitative estimate of drug-likeness (QED) is 0.789. The molecule has 18 heavy (non-hydrogen) atoms. The van der Waals surface area contributed by atoms with Gasteiger partial charge in [0, 0.05) is 11.8 Å². The fourth-order valence-corrected chi connectivity index (χ4v) is 2.12. The highest BCUT2D eigenvalue weighted by Crippen LogP contribution is 2.27. The van der Waals surface area contributed by atoms with Crippen LogP contribution < -0.4 is 0 Å². The maximum Gasteiger partial charge on any atom is 0.213 e. The molecule has 0 amide bonds. The van der Waals surface area contributed by atoms with Crippen LogP contribution >= 0.6 is 23.2 Å². The van der Waals surface area contributed by atoms with Gasteiger partial charge < -0.3 is 0 Å². The standard InChI is InChI=1S/C14H11Cl2NO/c1-2-9-5-4-8-17-13(9)14(18)10-6-3-7-11(15)12(10)16/h3-8H,2H2,1H3. The van der Waals surface area contributed by atoms with Gasteiger partial charge in [0.1, 0.15) is 5.69 Å². The highest BCUT2D eigenvalue weighted by atomic mass is 35.5. The molecule has 0 spiro atoms. The molecule has 0 N–H and O–H groups in total. The van der Waals surface area contributed by atoms with Gasteiger partial charge in [0.2, 0.25) is 5.78 Å². The summed E-state index contributed by atoms with van der Waals surface area (Å²) >= 11 is 12.0. The first-order chi connectivity index (χ1) is 8.65. The molecule has 0 radical (unpaired) electrons. The third-order valence-electron chi connectivity index (χ3n) is 2.68. The summed E-state index contributed by atoms with van der Waals surface area (Å²) in [6.07, 6.45) is 2.35. The first kappa shape index (κ1) is 13.1. The van der Waals surface area contributed by atoms with Gasteiger partial charge in [-0.1, -0.05) is 42.3 Å². The van der Waals surface area contributed by atoms with E-state index in [9.17, 15) is 4.79 Å². The van der Waals surface area contributed by atoms with Crippen molar-refractivity contribution in [2.24, 2.45) is 0 Å². The number of pyridine rings is 1. The van der Waals surface area contributed by atoms with Crippen LogP contribution in [0.15, 0.2) is 36.5 Å². The first-order valence-corrected chi connectivity index (χ1v) is 6.33. The molecular formula is C14H11Cl2NO. The zero-order valence-electron chi connectivity index (χ0n) is 9.78. The number of rotatable bonds is 3. The minimum atomic E-state index is -0.194. The fourth-order valence-electron chi connectivity index (χ4n) is 1.74. The summed E-state index contributed by atoms with van der Waals surface area (Å²) in [5, 5.41) is 0.647. The number of hydrogen-bond donors (Lipinski definition) is 0. The number of aryl methyl sites for hydroxylation is 1. The zero-order valence-corrected chi connectivity index (χ0v) is 11.3. The molecule has 0 aliphatic carbocycles. The Morgan fingerprint density at radius 3 is 2.72 bits per heavy atom. The molecular weight excluding hydrogens is 269 g/mol. The summed E-state index contributed by atoms with van der Waals surface area (Å²) < 4.78 is 0. The van der Waals surface area contributed by atoms with Gasteiger partial charge in [-0.15, -0.1) is 0 Å². The molecule has 2 rings (SSSR count). The van der Waals surface area contributed by atoms with Crippen molar-refractivity contribution in [3.05, 3.63) is 63.4 Å². The second kappa shape index (κ2) is 5.51. The number of hydrogen-bond acceptors (Lipinski definition) is 2. The second-order valence-electron chi connectivity index (χ2n) is 3.80. The van der Waals surface area contributed by atoms with Crippen LogP contribution in [-0.4, -0.2) is 10.8 Å². The van der Waals surface area contributed by atoms with Crippen LogP contribution in [0.25, 0.3) is 0 Å². The molecule has 0 unspecified atom stereocenters. The normalized spacial score (nSPS) is 10.4. The Morgan fingerprint density at radius 2 is 2.00 bits per heavy atom. The molecule has 0 atom stereocenters. The monoisotopic (exact) mass is 279 g/mol. The lowest BCUT2D eigenvalue weighted by atomic mass is 10.0. The van der Waals surface area contributed by atoms with Gasteiger partial charge in [-0.3, -0.25) is 9.78 Å². The summed E-state index contributed by atoms with van der Waals surface area (Å²) in [5.74, 6) is -0.194. The van der Waals surface area contributed by atoms with Crippen molar-refractivity contribution in [1.29, 1.82) is 0 Å². The molecule has 0 saturated carbocycles. The molecule has 2 aromatic rings. The van der Waals surface area contributed by atoms with Gasteiger partial charge in [0.25, 0.3) is 0 Å². The maximum absolute atomic E-state index is 12.4. The van der Waals surface area contributed by atoms with Crippen molar-refractivity contribution in [1.82, 2.24) is 4.98 Å². The number of nitrogens with zero attached hydrogens (tertiary/aromatic N) is 1. The van der Waals surface area contributed by atoms with Crippen LogP contribution in [-0.2, 0) is 6.42 Å². The molecule has 1 heterocycles. The van der Waals surface area contributed by atoms with E-state index < -0.39 is 0 Å². The van der Waals surface area contributed by atoms with Crippen molar-refractivity contribution in [3.63, 3.8) is 0 Å². The van der Waals surface area contributed by atoms with Crippen LogP contribution in [0.4, 0.5) is 0 Å².